The van der Waals surface area contributed by atoms with Crippen LogP contribution in [0.2, 0.25) is 0 Å². The van der Waals surface area contributed by atoms with Gasteiger partial charge in [0, 0.05) is 6.54 Å². The van der Waals surface area contributed by atoms with Gasteiger partial charge in [0.2, 0.25) is 0 Å². The Morgan fingerprint density at radius 3 is 2.67 bits per heavy atom. The Morgan fingerprint density at radius 1 is 1.75 bits per heavy atom. The highest BCUT2D eigenvalue weighted by atomic mass is 16.4. The molecule has 0 fully saturated rings. The fourth-order valence-corrected chi connectivity index (χ4v) is 1.05. The summed E-state index contributed by atoms with van der Waals surface area (Å²) < 4.78 is 1.38. The third-order valence-corrected chi connectivity index (χ3v) is 1.68. The van der Waals surface area contributed by atoms with E-state index >= 15 is 0 Å². The van der Waals surface area contributed by atoms with Crippen LogP contribution in [0.4, 0.5) is 5.69 Å². The second-order valence-electron chi connectivity index (χ2n) is 2.47. The van der Waals surface area contributed by atoms with Crippen molar-refractivity contribution < 1.29 is 9.90 Å². The van der Waals surface area contributed by atoms with Gasteiger partial charge < -0.3 is 10.8 Å². The number of carboxylic acids is 1. The number of hydrogen-bond acceptors (Lipinski definition) is 3. The highest BCUT2D eigenvalue weighted by Gasteiger charge is 2.17. The first-order chi connectivity index (χ1) is 5.57. The van der Waals surface area contributed by atoms with E-state index in [9.17, 15) is 4.79 Å². The van der Waals surface area contributed by atoms with Gasteiger partial charge in [0.25, 0.3) is 0 Å². The third-order valence-electron chi connectivity index (χ3n) is 1.68. The van der Waals surface area contributed by atoms with Crippen LogP contribution in [0.1, 0.15) is 23.1 Å². The number of nitrogens with two attached hydrogens (primary N) is 1. The molecule has 0 atom stereocenters. The Kier molecular flexibility index (Phi) is 2.03. The molecule has 1 aromatic heterocycles. The predicted molar refractivity (Wildman–Crippen MR) is 44.0 cm³/mol. The molecule has 3 N–H and O–H groups in total. The highest BCUT2D eigenvalue weighted by molar-refractivity contribution is 5.92. The molecule has 0 unspecified atom stereocenters. The van der Waals surface area contributed by atoms with Crippen LogP contribution in [0.25, 0.3) is 0 Å². The van der Waals surface area contributed by atoms with E-state index in [1.165, 1.54) is 4.68 Å². The topological polar surface area (TPSA) is 81.1 Å². The van der Waals surface area contributed by atoms with Crippen molar-refractivity contribution in [3.05, 3.63) is 11.4 Å². The van der Waals surface area contributed by atoms with E-state index < -0.39 is 5.97 Å². The van der Waals surface area contributed by atoms with Crippen molar-refractivity contribution in [3.63, 3.8) is 0 Å². The van der Waals surface area contributed by atoms with Crippen LogP contribution in [-0.4, -0.2) is 20.9 Å². The molecule has 1 heterocycles. The molecule has 0 radical (unpaired) electrons. The van der Waals surface area contributed by atoms with E-state index in [1.807, 2.05) is 6.92 Å². The lowest BCUT2D eigenvalue weighted by atomic mass is 10.3. The normalized spacial score (nSPS) is 10.2. The molecule has 5 nitrogen and oxygen atoms in total. The average Bonchev–Trinajstić information content (AvgIpc) is 2.28. The summed E-state index contributed by atoms with van der Waals surface area (Å²) >= 11 is 0. The molecule has 1 rings (SSSR count). The van der Waals surface area contributed by atoms with Gasteiger partial charge in [-0.05, 0) is 13.8 Å². The summed E-state index contributed by atoms with van der Waals surface area (Å²) in [7, 11) is 0. The van der Waals surface area contributed by atoms with Gasteiger partial charge in [-0.3, -0.25) is 4.68 Å². The standard InChI is InChI=1S/C7H11N3O2/c1-3-10-6(7(11)12)5(8)4(2)9-10/h3,8H2,1-2H3,(H,11,12). The predicted octanol–water partition coefficient (Wildman–Crippen LogP) is 0.492. The highest BCUT2D eigenvalue weighted by Crippen LogP contribution is 2.15. The molecule has 0 amide bonds. The first-order valence-corrected chi connectivity index (χ1v) is 3.64. The monoisotopic (exact) mass is 169 g/mol. The fraction of sp³-hybridized carbons (Fsp3) is 0.429. The van der Waals surface area contributed by atoms with Crippen molar-refractivity contribution >= 4 is 11.7 Å². The van der Waals surface area contributed by atoms with E-state index in [0.717, 1.165) is 0 Å². The van der Waals surface area contributed by atoms with Crippen LogP contribution in [0.15, 0.2) is 0 Å². The van der Waals surface area contributed by atoms with Crippen LogP contribution in [0.3, 0.4) is 0 Å². The fourth-order valence-electron chi connectivity index (χ4n) is 1.05. The van der Waals surface area contributed by atoms with E-state index in [4.69, 9.17) is 10.8 Å². The van der Waals surface area contributed by atoms with E-state index in [1.54, 1.807) is 6.92 Å². The molecular weight excluding hydrogens is 158 g/mol. The molecule has 0 bridgehead atoms. The van der Waals surface area contributed by atoms with Crippen LogP contribution >= 0.6 is 0 Å². The van der Waals surface area contributed by atoms with E-state index in [2.05, 4.69) is 5.10 Å². The summed E-state index contributed by atoms with van der Waals surface area (Å²) in [6, 6.07) is 0. The zero-order valence-electron chi connectivity index (χ0n) is 7.03. The Hall–Kier alpha value is -1.52. The summed E-state index contributed by atoms with van der Waals surface area (Å²) in [4.78, 5) is 10.7. The molecule has 0 saturated carbocycles. The van der Waals surface area contributed by atoms with Gasteiger partial charge in [-0.25, -0.2) is 4.79 Å². The number of aromatic nitrogens is 2. The van der Waals surface area contributed by atoms with Crippen molar-refractivity contribution in [2.45, 2.75) is 20.4 Å². The van der Waals surface area contributed by atoms with Gasteiger partial charge in [-0.15, -0.1) is 0 Å². The van der Waals surface area contributed by atoms with Gasteiger partial charge in [-0.2, -0.15) is 5.10 Å². The van der Waals surface area contributed by atoms with Crippen LogP contribution < -0.4 is 5.73 Å². The quantitative estimate of drug-likeness (QED) is 0.675. The second-order valence-corrected chi connectivity index (χ2v) is 2.47. The summed E-state index contributed by atoms with van der Waals surface area (Å²) in [6.45, 7) is 4.02. The molecule has 0 aliphatic rings. The largest absolute Gasteiger partial charge is 0.476 e. The lowest BCUT2D eigenvalue weighted by molar-refractivity contribution is 0.0684. The first kappa shape index (κ1) is 8.58. The van der Waals surface area contributed by atoms with E-state index in [0.29, 0.717) is 12.2 Å². The molecule has 1 aromatic rings. The number of nitrogen functional groups attached to an aromatic ring is 1. The van der Waals surface area contributed by atoms with Crippen molar-refractivity contribution in [1.82, 2.24) is 9.78 Å². The minimum Gasteiger partial charge on any atom is -0.476 e. The lowest BCUT2D eigenvalue weighted by Crippen LogP contribution is -2.10. The van der Waals surface area contributed by atoms with Crippen molar-refractivity contribution in [2.75, 3.05) is 5.73 Å². The average molecular weight is 169 g/mol. The van der Waals surface area contributed by atoms with Gasteiger partial charge in [0.05, 0.1) is 11.4 Å². The number of anilines is 1. The Morgan fingerprint density at radius 2 is 2.33 bits per heavy atom. The third kappa shape index (κ3) is 1.13. The number of aromatic carboxylic acids is 1. The molecule has 66 valence electrons. The number of nitrogens with zero attached hydrogens (tertiary/aromatic N) is 2. The molecular formula is C7H11N3O2. The molecule has 0 aliphatic carbocycles. The zero-order chi connectivity index (χ0) is 9.30. The summed E-state index contributed by atoms with van der Waals surface area (Å²) in [5.41, 5.74) is 6.41. The Labute approximate surface area is 69.8 Å². The second kappa shape index (κ2) is 2.84. The van der Waals surface area contributed by atoms with Crippen LogP contribution in [0.5, 0.6) is 0 Å². The number of carbonyl (C=O) groups is 1. The molecule has 0 spiro atoms. The maximum atomic E-state index is 10.7. The number of aryl methyl sites for hydroxylation is 2. The Balaban J connectivity index is 3.31. The molecule has 0 aliphatic heterocycles. The number of hydrogen-bond donors (Lipinski definition) is 2. The van der Waals surface area contributed by atoms with Gasteiger partial charge in [0.1, 0.15) is 0 Å². The minimum atomic E-state index is -1.03. The SMILES string of the molecule is CCn1nc(C)c(N)c1C(=O)O. The summed E-state index contributed by atoms with van der Waals surface area (Å²) in [6.07, 6.45) is 0. The molecule has 5 heteroatoms. The Bertz CT molecular complexity index is 317. The van der Waals surface area contributed by atoms with E-state index in [-0.39, 0.29) is 11.4 Å². The van der Waals surface area contributed by atoms with Crippen molar-refractivity contribution in [1.29, 1.82) is 0 Å². The van der Waals surface area contributed by atoms with Crippen LogP contribution in [-0.2, 0) is 6.54 Å². The maximum Gasteiger partial charge on any atom is 0.356 e. The maximum absolute atomic E-state index is 10.7. The van der Waals surface area contributed by atoms with Crippen molar-refractivity contribution in [3.8, 4) is 0 Å². The van der Waals surface area contributed by atoms with Gasteiger partial charge >= 0.3 is 5.97 Å². The first-order valence-electron chi connectivity index (χ1n) is 3.64. The van der Waals surface area contributed by atoms with Gasteiger partial charge in [-0.1, -0.05) is 0 Å². The molecule has 0 saturated heterocycles. The smallest absolute Gasteiger partial charge is 0.356 e. The summed E-state index contributed by atoms with van der Waals surface area (Å²) in [5, 5.41) is 12.7. The lowest BCUT2D eigenvalue weighted by Gasteiger charge is -1.98. The zero-order valence-corrected chi connectivity index (χ0v) is 7.03. The summed E-state index contributed by atoms with van der Waals surface area (Å²) in [5.74, 6) is -1.03. The number of rotatable bonds is 2. The molecule has 12 heavy (non-hydrogen) atoms. The number of carboxylic acid groups (broad SMARTS) is 1. The van der Waals surface area contributed by atoms with Crippen LogP contribution in [0, 0.1) is 6.92 Å². The minimum absolute atomic E-state index is 0.0787. The van der Waals surface area contributed by atoms with Crippen molar-refractivity contribution in [2.24, 2.45) is 0 Å². The molecule has 0 aromatic carbocycles. The van der Waals surface area contributed by atoms with Gasteiger partial charge in [0.15, 0.2) is 5.69 Å².